The minimum absolute atomic E-state index is 0. The molecule has 4 N–H and O–H groups in total. The van der Waals surface area contributed by atoms with Gasteiger partial charge in [0, 0.05) is 40.2 Å². The van der Waals surface area contributed by atoms with Gasteiger partial charge in [-0.15, -0.1) is 0 Å². The molecule has 0 aromatic carbocycles. The normalized spacial score (nSPS) is 6.12. The fourth-order valence-corrected chi connectivity index (χ4v) is 0.214. The van der Waals surface area contributed by atoms with Crippen molar-refractivity contribution in [2.24, 2.45) is 0 Å². The van der Waals surface area contributed by atoms with Gasteiger partial charge in [-0.1, -0.05) is 0 Å². The first-order valence-electron chi connectivity index (χ1n) is 3.21. The summed E-state index contributed by atoms with van der Waals surface area (Å²) >= 11 is 0. The van der Waals surface area contributed by atoms with E-state index in [0.29, 0.717) is 0 Å². The Morgan fingerprint density at radius 1 is 0.529 bits per heavy atom. The Bertz CT molecular complexity index is 352. The van der Waals surface area contributed by atoms with Gasteiger partial charge in [-0.3, -0.25) is 0 Å². The van der Waals surface area contributed by atoms with Crippen molar-refractivity contribution in [2.45, 2.75) is 0 Å². The number of aliphatic carboxylic acids is 4. The van der Waals surface area contributed by atoms with Crippen LogP contribution in [0.4, 0.5) is 0 Å². The first-order valence-corrected chi connectivity index (χ1v) is 3.21. The fourth-order valence-electron chi connectivity index (χ4n) is 0.214. The number of carboxylic acid groups (broad SMARTS) is 4. The zero-order valence-corrected chi connectivity index (χ0v) is 8.73. The van der Waals surface area contributed by atoms with Gasteiger partial charge in [0.05, 0.1) is 0 Å². The largest absolute Gasteiger partial charge is 0.472 e. The molecule has 0 aliphatic rings. The summed E-state index contributed by atoms with van der Waals surface area (Å²) in [6.45, 7) is 0. The number of carboxylic acids is 4. The van der Waals surface area contributed by atoms with E-state index in [1.54, 1.807) is 0 Å². The molecule has 0 radical (unpaired) electrons. The van der Waals surface area contributed by atoms with E-state index in [1.165, 1.54) is 23.7 Å². The molecule has 0 aliphatic carbocycles. The predicted octanol–water partition coefficient (Wildman–Crippen LogP) is -1.68. The molecule has 0 amide bonds. The van der Waals surface area contributed by atoms with Gasteiger partial charge >= 0.3 is 23.9 Å². The molecule has 0 fully saturated rings. The smallest absolute Gasteiger partial charge is 0.382 e. The van der Waals surface area contributed by atoms with Crippen LogP contribution in [0.1, 0.15) is 0 Å². The summed E-state index contributed by atoms with van der Waals surface area (Å²) in [5, 5.41) is 30.9. The van der Waals surface area contributed by atoms with Crippen LogP contribution in [0.15, 0.2) is 0 Å². The second-order valence-electron chi connectivity index (χ2n) is 1.72. The molecular weight excluding hydrogens is 283 g/mol. The van der Waals surface area contributed by atoms with Crippen LogP contribution < -0.4 is 0 Å². The van der Waals surface area contributed by atoms with Gasteiger partial charge in [0.2, 0.25) is 0 Å². The van der Waals surface area contributed by atoms with Crippen LogP contribution in [-0.2, 0) is 35.7 Å². The topological polar surface area (TPSA) is 149 Å². The number of rotatable bonds is 0. The van der Waals surface area contributed by atoms with E-state index in [9.17, 15) is 19.2 Å². The Labute approximate surface area is 104 Å². The van der Waals surface area contributed by atoms with Crippen LogP contribution >= 0.6 is 0 Å². The minimum atomic E-state index is -1.44. The number of hydrogen-bond donors (Lipinski definition) is 4. The average Bonchev–Trinajstić information content (AvgIpc) is 2.12. The van der Waals surface area contributed by atoms with Crippen LogP contribution in [0.2, 0.25) is 0 Å². The third-order valence-corrected chi connectivity index (χ3v) is 0.553. The van der Waals surface area contributed by atoms with Crippen LogP contribution in [-0.4, -0.2) is 44.3 Å². The summed E-state index contributed by atoms with van der Waals surface area (Å²) in [6, 6.07) is 0. The van der Waals surface area contributed by atoms with E-state index >= 15 is 0 Å². The zero-order valence-electron chi connectivity index (χ0n) is 7.74. The first-order chi connectivity index (χ1) is 7.25. The van der Waals surface area contributed by atoms with E-state index < -0.39 is 23.9 Å². The van der Waals surface area contributed by atoms with Crippen molar-refractivity contribution in [1.29, 1.82) is 0 Å². The number of hydrogen-bond acceptors (Lipinski definition) is 4. The second kappa shape index (κ2) is 11.6. The Morgan fingerprint density at radius 2 is 0.647 bits per heavy atom. The monoisotopic (exact) mass is 286 g/mol. The molecule has 0 heterocycles. The van der Waals surface area contributed by atoms with E-state index in [2.05, 4.69) is 0 Å². The SMILES string of the molecule is O=C(O)C#CC(=O)O.O=C(O)C#CC(=O)O.[Ni]. The van der Waals surface area contributed by atoms with Gasteiger partial charge in [0.25, 0.3) is 0 Å². The minimum Gasteiger partial charge on any atom is -0.472 e. The van der Waals surface area contributed by atoms with Crippen LogP contribution in [0, 0.1) is 23.7 Å². The Hall–Kier alpha value is -2.51. The second-order valence-corrected chi connectivity index (χ2v) is 1.72. The molecular formula is C8H4NiO8. The molecule has 0 aromatic rings. The summed E-state index contributed by atoms with van der Waals surface area (Å²) in [5.74, 6) is -0.102. The molecule has 0 saturated carbocycles. The standard InChI is InChI=1S/2C4H2O4.Ni/c2*5-3(6)1-2-4(7)8;/h2*(H,5,6)(H,7,8);. The van der Waals surface area contributed by atoms with Crippen LogP contribution in [0.25, 0.3) is 0 Å². The first kappa shape index (κ1) is 20.0. The molecule has 0 aromatic heterocycles. The maximum atomic E-state index is 9.47. The van der Waals surface area contributed by atoms with E-state index in [4.69, 9.17) is 20.4 Å². The van der Waals surface area contributed by atoms with Gasteiger partial charge in [-0.05, 0) is 0 Å². The van der Waals surface area contributed by atoms with Crippen molar-refractivity contribution in [2.75, 3.05) is 0 Å². The molecule has 17 heavy (non-hydrogen) atoms. The molecule has 0 atom stereocenters. The molecule has 9 heteroatoms. The molecule has 94 valence electrons. The Morgan fingerprint density at radius 3 is 0.706 bits per heavy atom. The maximum absolute atomic E-state index is 9.47. The molecule has 0 spiro atoms. The fraction of sp³-hybridized carbons (Fsp3) is 0. The summed E-state index contributed by atoms with van der Waals surface area (Å²) in [7, 11) is 0. The quantitative estimate of drug-likeness (QED) is 0.304. The Kier molecular flexibility index (Phi) is 13.6. The maximum Gasteiger partial charge on any atom is 0.382 e. The van der Waals surface area contributed by atoms with Crippen LogP contribution in [0.3, 0.4) is 0 Å². The summed E-state index contributed by atoms with van der Waals surface area (Å²) in [5.41, 5.74) is 0. The van der Waals surface area contributed by atoms with Crippen molar-refractivity contribution in [3.05, 3.63) is 0 Å². The third-order valence-electron chi connectivity index (χ3n) is 0.553. The number of carbonyl (C=O) groups is 4. The van der Waals surface area contributed by atoms with Crippen molar-refractivity contribution in [3.8, 4) is 23.7 Å². The summed E-state index contributed by atoms with van der Waals surface area (Å²) in [4.78, 5) is 37.9. The average molecular weight is 287 g/mol. The summed E-state index contributed by atoms with van der Waals surface area (Å²) < 4.78 is 0. The van der Waals surface area contributed by atoms with Crippen molar-refractivity contribution in [1.82, 2.24) is 0 Å². The van der Waals surface area contributed by atoms with Gasteiger partial charge in [0.15, 0.2) is 0 Å². The molecule has 8 nitrogen and oxygen atoms in total. The molecule has 0 unspecified atom stereocenters. The molecule has 0 bridgehead atoms. The Balaban J connectivity index is -0.000000218. The van der Waals surface area contributed by atoms with E-state index in [1.807, 2.05) is 0 Å². The third kappa shape index (κ3) is 31.7. The van der Waals surface area contributed by atoms with Crippen molar-refractivity contribution < 1.29 is 56.1 Å². The van der Waals surface area contributed by atoms with E-state index in [0.717, 1.165) is 0 Å². The van der Waals surface area contributed by atoms with Crippen LogP contribution in [0.5, 0.6) is 0 Å². The van der Waals surface area contributed by atoms with Gasteiger partial charge in [-0.25, -0.2) is 19.2 Å². The molecule has 0 saturated heterocycles. The van der Waals surface area contributed by atoms with Gasteiger partial charge in [0.1, 0.15) is 0 Å². The van der Waals surface area contributed by atoms with Gasteiger partial charge in [-0.2, -0.15) is 0 Å². The van der Waals surface area contributed by atoms with Crippen molar-refractivity contribution in [3.63, 3.8) is 0 Å². The van der Waals surface area contributed by atoms with Crippen molar-refractivity contribution >= 4 is 23.9 Å². The molecule has 0 aliphatic heterocycles. The van der Waals surface area contributed by atoms with Gasteiger partial charge < -0.3 is 20.4 Å². The molecule has 0 rings (SSSR count). The summed E-state index contributed by atoms with van der Waals surface area (Å²) in [6.07, 6.45) is 0. The van der Waals surface area contributed by atoms with E-state index in [-0.39, 0.29) is 16.5 Å². The predicted molar refractivity (Wildman–Crippen MR) is 46.1 cm³/mol. The zero-order chi connectivity index (χ0) is 13.1.